The first-order valence-electron chi connectivity index (χ1n) is 14.0. The van der Waals surface area contributed by atoms with Gasteiger partial charge in [-0.25, -0.2) is 0 Å². The predicted molar refractivity (Wildman–Crippen MR) is 155 cm³/mol. The Morgan fingerprint density at radius 3 is 2.21 bits per heavy atom. The van der Waals surface area contributed by atoms with E-state index in [4.69, 9.17) is 11.6 Å². The summed E-state index contributed by atoms with van der Waals surface area (Å²) in [6.45, 7) is 2.43. The first kappa shape index (κ1) is 27.9. The lowest BCUT2D eigenvalue weighted by Gasteiger charge is -2.33. The van der Waals surface area contributed by atoms with Crippen LogP contribution in [0, 0.1) is 0 Å². The maximum Gasteiger partial charge on any atom is 0.243 e. The highest BCUT2D eigenvalue weighted by Crippen LogP contribution is 2.23. The van der Waals surface area contributed by atoms with Gasteiger partial charge in [0.1, 0.15) is 6.04 Å². The third-order valence-electron chi connectivity index (χ3n) is 7.58. The van der Waals surface area contributed by atoms with Gasteiger partial charge >= 0.3 is 0 Å². The molecule has 4 nitrogen and oxygen atoms in total. The minimum absolute atomic E-state index is 0.0378. The van der Waals surface area contributed by atoms with E-state index in [0.717, 1.165) is 48.8 Å². The monoisotopic (exact) mass is 530 g/mol. The van der Waals surface area contributed by atoms with Crippen LogP contribution in [0.3, 0.4) is 0 Å². The Balaban J connectivity index is 1.60. The lowest BCUT2D eigenvalue weighted by Crippen LogP contribution is -2.53. The number of nitrogens with zero attached hydrogens (tertiary/aromatic N) is 1. The summed E-state index contributed by atoms with van der Waals surface area (Å²) in [6.07, 6.45) is 7.88. The maximum absolute atomic E-state index is 13.9. The highest BCUT2D eigenvalue weighted by Gasteiger charge is 2.32. The maximum atomic E-state index is 13.9. The van der Waals surface area contributed by atoms with Gasteiger partial charge < -0.3 is 10.2 Å². The zero-order chi connectivity index (χ0) is 26.7. The van der Waals surface area contributed by atoms with Gasteiger partial charge in [-0.2, -0.15) is 0 Å². The van der Waals surface area contributed by atoms with Crippen molar-refractivity contribution in [2.24, 2.45) is 0 Å². The van der Waals surface area contributed by atoms with E-state index in [9.17, 15) is 9.59 Å². The van der Waals surface area contributed by atoms with Crippen LogP contribution in [0.4, 0.5) is 0 Å². The molecule has 1 fully saturated rings. The van der Waals surface area contributed by atoms with Crippen molar-refractivity contribution >= 4 is 23.4 Å². The van der Waals surface area contributed by atoms with E-state index in [1.807, 2.05) is 54.6 Å². The summed E-state index contributed by atoms with van der Waals surface area (Å²) in [6, 6.07) is 25.5. The molecule has 1 unspecified atom stereocenters. The van der Waals surface area contributed by atoms with Gasteiger partial charge in [-0.1, -0.05) is 111 Å². The molecule has 3 aromatic rings. The van der Waals surface area contributed by atoms with Crippen molar-refractivity contribution in [3.8, 4) is 0 Å². The molecule has 0 spiro atoms. The highest BCUT2D eigenvalue weighted by atomic mass is 35.5. The van der Waals surface area contributed by atoms with Crippen molar-refractivity contribution in [1.82, 2.24) is 10.2 Å². The van der Waals surface area contributed by atoms with E-state index in [1.165, 1.54) is 12.0 Å². The van der Waals surface area contributed by atoms with Gasteiger partial charge in [0, 0.05) is 30.5 Å². The Morgan fingerprint density at radius 1 is 0.868 bits per heavy atom. The number of carbonyl (C=O) groups excluding carboxylic acids is 2. The summed E-state index contributed by atoms with van der Waals surface area (Å²) in [7, 11) is 0. The van der Waals surface area contributed by atoms with E-state index in [0.29, 0.717) is 30.8 Å². The normalized spacial score (nSPS) is 14.6. The number of halogens is 1. The SMILES string of the molecule is CCc1ccc(CCC(=O)N(Cc2ccccc2Cl)C(Cc2ccccc2)C(=O)NC2CCCCC2)cc1. The molecule has 5 heteroatoms. The molecule has 0 bridgehead atoms. The van der Waals surface area contributed by atoms with Crippen molar-refractivity contribution in [2.45, 2.75) is 83.3 Å². The molecule has 1 aliphatic rings. The standard InChI is InChI=1S/C33H39ClN2O2/c1-2-25-17-19-26(20-18-25)21-22-32(37)36(24-28-13-9-10-16-30(28)34)31(23-27-11-5-3-6-12-27)33(38)35-29-14-7-4-8-15-29/h3,5-6,9-13,16-20,29,31H,2,4,7-8,14-15,21-24H2,1H3,(H,35,38). The molecule has 1 aliphatic carbocycles. The molecule has 0 radical (unpaired) electrons. The van der Waals surface area contributed by atoms with Gasteiger partial charge in [0.05, 0.1) is 0 Å². The molecule has 3 aromatic carbocycles. The highest BCUT2D eigenvalue weighted by molar-refractivity contribution is 6.31. The van der Waals surface area contributed by atoms with Crippen LogP contribution < -0.4 is 5.32 Å². The number of carbonyl (C=O) groups is 2. The summed E-state index contributed by atoms with van der Waals surface area (Å²) < 4.78 is 0. The molecule has 4 rings (SSSR count). The zero-order valence-corrected chi connectivity index (χ0v) is 23.1. The average Bonchev–Trinajstić information content (AvgIpc) is 2.96. The largest absolute Gasteiger partial charge is 0.352 e. The first-order chi connectivity index (χ1) is 18.5. The molecule has 0 saturated heterocycles. The van der Waals surface area contributed by atoms with Gasteiger partial charge in [-0.15, -0.1) is 0 Å². The quantitative estimate of drug-likeness (QED) is 0.292. The van der Waals surface area contributed by atoms with E-state index in [1.54, 1.807) is 4.90 Å². The fraction of sp³-hybridized carbons (Fsp3) is 0.394. The molecule has 2 amide bonds. The van der Waals surface area contributed by atoms with Crippen molar-refractivity contribution in [2.75, 3.05) is 0 Å². The number of aryl methyl sites for hydroxylation is 2. The van der Waals surface area contributed by atoms with Gasteiger partial charge in [0.25, 0.3) is 0 Å². The molecule has 1 atom stereocenters. The lowest BCUT2D eigenvalue weighted by molar-refractivity contribution is -0.141. The number of rotatable bonds is 11. The number of nitrogens with one attached hydrogen (secondary N) is 1. The van der Waals surface area contributed by atoms with E-state index in [-0.39, 0.29) is 17.9 Å². The molecule has 38 heavy (non-hydrogen) atoms. The molecule has 1 saturated carbocycles. The number of amides is 2. The van der Waals surface area contributed by atoms with Gasteiger partial charge in [-0.3, -0.25) is 9.59 Å². The Hall–Kier alpha value is -3.11. The smallest absolute Gasteiger partial charge is 0.243 e. The Morgan fingerprint density at radius 2 is 1.53 bits per heavy atom. The molecular weight excluding hydrogens is 492 g/mol. The van der Waals surface area contributed by atoms with Crippen molar-refractivity contribution in [3.05, 3.63) is 106 Å². The summed E-state index contributed by atoms with van der Waals surface area (Å²) in [5.74, 6) is -0.113. The average molecular weight is 531 g/mol. The van der Waals surface area contributed by atoms with Gasteiger partial charge in [0.15, 0.2) is 0 Å². The van der Waals surface area contributed by atoms with Crippen molar-refractivity contribution in [1.29, 1.82) is 0 Å². The van der Waals surface area contributed by atoms with Crippen LogP contribution in [0.5, 0.6) is 0 Å². The summed E-state index contributed by atoms with van der Waals surface area (Å²) >= 11 is 6.54. The second kappa shape index (κ2) is 14.2. The fourth-order valence-corrected chi connectivity index (χ4v) is 5.44. The Bertz CT molecular complexity index is 1170. The van der Waals surface area contributed by atoms with Crippen LogP contribution in [-0.2, 0) is 35.4 Å². The van der Waals surface area contributed by atoms with Gasteiger partial charge in [0.2, 0.25) is 11.8 Å². The van der Waals surface area contributed by atoms with Crippen LogP contribution in [0.2, 0.25) is 5.02 Å². The third-order valence-corrected chi connectivity index (χ3v) is 7.95. The number of hydrogen-bond donors (Lipinski definition) is 1. The molecule has 0 heterocycles. The first-order valence-corrected chi connectivity index (χ1v) is 14.4. The summed E-state index contributed by atoms with van der Waals surface area (Å²) in [4.78, 5) is 29.5. The molecular formula is C33H39ClN2O2. The minimum Gasteiger partial charge on any atom is -0.352 e. The Kier molecular flexibility index (Phi) is 10.4. The van der Waals surface area contributed by atoms with Crippen molar-refractivity contribution in [3.63, 3.8) is 0 Å². The molecule has 0 aliphatic heterocycles. The number of benzene rings is 3. The van der Waals surface area contributed by atoms with Crippen molar-refractivity contribution < 1.29 is 9.59 Å². The fourth-order valence-electron chi connectivity index (χ4n) is 5.24. The third kappa shape index (κ3) is 7.94. The molecule has 200 valence electrons. The second-order valence-electron chi connectivity index (χ2n) is 10.3. The van der Waals surface area contributed by atoms with E-state index >= 15 is 0 Å². The predicted octanol–water partition coefficient (Wildman–Crippen LogP) is 6.92. The van der Waals surface area contributed by atoms with Gasteiger partial charge in [-0.05, 0) is 54.0 Å². The van der Waals surface area contributed by atoms with Crippen LogP contribution in [0.25, 0.3) is 0 Å². The number of hydrogen-bond acceptors (Lipinski definition) is 2. The molecule has 1 N–H and O–H groups in total. The van der Waals surface area contributed by atoms with E-state index in [2.05, 4.69) is 36.5 Å². The summed E-state index contributed by atoms with van der Waals surface area (Å²) in [5.41, 5.74) is 4.28. The molecule has 0 aromatic heterocycles. The van der Waals surface area contributed by atoms with Crippen LogP contribution >= 0.6 is 11.6 Å². The lowest BCUT2D eigenvalue weighted by atomic mass is 9.94. The van der Waals surface area contributed by atoms with Crippen LogP contribution in [-0.4, -0.2) is 28.8 Å². The Labute approximate surface area is 232 Å². The van der Waals surface area contributed by atoms with Crippen LogP contribution in [0.1, 0.15) is 67.7 Å². The zero-order valence-electron chi connectivity index (χ0n) is 22.4. The van der Waals surface area contributed by atoms with Crippen LogP contribution in [0.15, 0.2) is 78.9 Å². The van der Waals surface area contributed by atoms with E-state index < -0.39 is 6.04 Å². The summed E-state index contributed by atoms with van der Waals surface area (Å²) in [5, 5.41) is 3.90. The topological polar surface area (TPSA) is 49.4 Å². The second-order valence-corrected chi connectivity index (χ2v) is 10.7. The minimum atomic E-state index is -0.620.